The normalized spacial score (nSPS) is 12.2. The van der Waals surface area contributed by atoms with Gasteiger partial charge in [0.05, 0.1) is 0 Å². The van der Waals surface area contributed by atoms with Crippen molar-refractivity contribution in [3.05, 3.63) is 12.2 Å². The van der Waals surface area contributed by atoms with Crippen LogP contribution in [0.1, 0.15) is 213 Å². The van der Waals surface area contributed by atoms with E-state index in [1.165, 1.54) is 122 Å². The van der Waals surface area contributed by atoms with Gasteiger partial charge in [0.2, 0.25) is 0 Å². The zero-order valence-corrected chi connectivity index (χ0v) is 28.3. The molecule has 0 aliphatic heterocycles. The SMILES string of the molecule is CCCCCCCC/C=C\C(CCCCCCCCC(=O)O)OC(=O)CCCCCCCCCCCCCCCCC. The van der Waals surface area contributed by atoms with E-state index < -0.39 is 5.97 Å². The highest BCUT2D eigenvalue weighted by molar-refractivity contribution is 5.69. The van der Waals surface area contributed by atoms with E-state index in [4.69, 9.17) is 9.84 Å². The topological polar surface area (TPSA) is 63.6 Å². The number of esters is 1. The predicted octanol–water partition coefficient (Wildman–Crippen LogP) is 12.7. The summed E-state index contributed by atoms with van der Waals surface area (Å²) in [7, 11) is 0. The van der Waals surface area contributed by atoms with E-state index in [9.17, 15) is 9.59 Å². The van der Waals surface area contributed by atoms with Gasteiger partial charge in [-0.25, -0.2) is 0 Å². The van der Waals surface area contributed by atoms with Crippen LogP contribution in [0.15, 0.2) is 12.2 Å². The fourth-order valence-corrected chi connectivity index (χ4v) is 5.68. The lowest BCUT2D eigenvalue weighted by Crippen LogP contribution is -2.16. The Hall–Kier alpha value is -1.32. The first kappa shape index (κ1) is 40.7. The summed E-state index contributed by atoms with van der Waals surface area (Å²) in [5.74, 6) is -0.732. The van der Waals surface area contributed by atoms with Crippen LogP contribution in [0.3, 0.4) is 0 Å². The van der Waals surface area contributed by atoms with Gasteiger partial charge in [0, 0.05) is 12.8 Å². The van der Waals surface area contributed by atoms with E-state index in [1.807, 2.05) is 0 Å². The predicted molar refractivity (Wildman–Crippen MR) is 181 cm³/mol. The van der Waals surface area contributed by atoms with Gasteiger partial charge in [-0.2, -0.15) is 0 Å². The summed E-state index contributed by atoms with van der Waals surface area (Å²) >= 11 is 0. The molecule has 1 unspecified atom stereocenters. The lowest BCUT2D eigenvalue weighted by molar-refractivity contribution is -0.147. The minimum Gasteiger partial charge on any atom is -0.481 e. The Morgan fingerprint density at radius 1 is 0.524 bits per heavy atom. The number of unbranched alkanes of at least 4 members (excludes halogenated alkanes) is 25. The second kappa shape index (κ2) is 34.2. The number of ether oxygens (including phenoxy) is 1. The molecule has 0 rings (SSSR count). The molecule has 0 saturated heterocycles. The maximum atomic E-state index is 12.6. The van der Waals surface area contributed by atoms with Crippen molar-refractivity contribution in [2.75, 3.05) is 0 Å². The largest absolute Gasteiger partial charge is 0.481 e. The number of allylic oxidation sites excluding steroid dienone is 1. The van der Waals surface area contributed by atoms with Crippen LogP contribution >= 0.6 is 0 Å². The van der Waals surface area contributed by atoms with E-state index >= 15 is 0 Å². The quantitative estimate of drug-likeness (QED) is 0.0458. The lowest BCUT2D eigenvalue weighted by Gasteiger charge is -2.15. The van der Waals surface area contributed by atoms with Gasteiger partial charge >= 0.3 is 11.9 Å². The van der Waals surface area contributed by atoms with Crippen molar-refractivity contribution in [2.45, 2.75) is 219 Å². The van der Waals surface area contributed by atoms with Crippen molar-refractivity contribution in [3.63, 3.8) is 0 Å². The monoisotopic (exact) mass is 593 g/mol. The summed E-state index contributed by atoms with van der Waals surface area (Å²) in [6.45, 7) is 4.53. The molecule has 0 saturated carbocycles. The second-order valence-electron chi connectivity index (χ2n) is 12.8. The molecular formula is C38H72O4. The zero-order valence-electron chi connectivity index (χ0n) is 28.3. The number of aliphatic carboxylic acids is 1. The van der Waals surface area contributed by atoms with E-state index in [0.29, 0.717) is 6.42 Å². The van der Waals surface area contributed by atoms with Gasteiger partial charge in [-0.1, -0.05) is 168 Å². The fraction of sp³-hybridized carbons (Fsp3) is 0.895. The van der Waals surface area contributed by atoms with E-state index in [2.05, 4.69) is 26.0 Å². The number of carbonyl (C=O) groups excluding carboxylic acids is 1. The number of carbonyl (C=O) groups is 2. The van der Waals surface area contributed by atoms with Gasteiger partial charge in [0.15, 0.2) is 0 Å². The maximum Gasteiger partial charge on any atom is 0.306 e. The molecule has 0 aromatic rings. The molecule has 1 atom stereocenters. The zero-order chi connectivity index (χ0) is 30.8. The standard InChI is InChI=1S/C38H72O4/c1-3-5-7-9-11-13-14-15-16-17-18-19-21-27-31-35-38(41)42-36(32-28-24-20-12-10-8-6-4-2)33-29-25-22-23-26-30-34-37(39)40/h28,32,36H,3-27,29-31,33-35H2,1-2H3,(H,39,40)/b32-28-. The van der Waals surface area contributed by atoms with Crippen molar-refractivity contribution < 1.29 is 19.4 Å². The first-order valence-electron chi connectivity index (χ1n) is 18.7. The average Bonchev–Trinajstić information content (AvgIpc) is 2.97. The molecule has 0 aliphatic rings. The van der Waals surface area contributed by atoms with Crippen LogP contribution in [0.4, 0.5) is 0 Å². The van der Waals surface area contributed by atoms with Gasteiger partial charge in [0.25, 0.3) is 0 Å². The molecular weight excluding hydrogens is 520 g/mol. The number of rotatable bonds is 34. The summed E-state index contributed by atoms with van der Waals surface area (Å²) in [6.07, 6.45) is 41.0. The van der Waals surface area contributed by atoms with E-state index in [0.717, 1.165) is 64.2 Å². The molecule has 0 aromatic carbocycles. The Labute approximate surface area is 262 Å². The van der Waals surface area contributed by atoms with E-state index in [1.54, 1.807) is 0 Å². The maximum absolute atomic E-state index is 12.6. The third kappa shape index (κ3) is 33.2. The molecule has 0 spiro atoms. The van der Waals surface area contributed by atoms with Crippen LogP contribution in [0, 0.1) is 0 Å². The van der Waals surface area contributed by atoms with Crippen LogP contribution in [0.25, 0.3) is 0 Å². The molecule has 0 fully saturated rings. The molecule has 0 aliphatic carbocycles. The Bertz CT molecular complexity index is 600. The smallest absolute Gasteiger partial charge is 0.306 e. The summed E-state index contributed by atoms with van der Waals surface area (Å²) in [5, 5.41) is 8.76. The molecule has 0 aromatic heterocycles. The Morgan fingerprint density at radius 2 is 0.905 bits per heavy atom. The number of carboxylic acid groups (broad SMARTS) is 1. The molecule has 42 heavy (non-hydrogen) atoms. The summed E-state index contributed by atoms with van der Waals surface area (Å²) in [6, 6.07) is 0. The first-order valence-corrected chi connectivity index (χ1v) is 18.7. The highest BCUT2D eigenvalue weighted by Gasteiger charge is 2.11. The molecule has 248 valence electrons. The number of carboxylic acids is 1. The van der Waals surface area contributed by atoms with Crippen molar-refractivity contribution in [1.82, 2.24) is 0 Å². The summed E-state index contributed by atoms with van der Waals surface area (Å²) < 4.78 is 5.91. The minimum absolute atomic E-state index is 0.0346. The Balaban J connectivity index is 4.00. The molecule has 4 heteroatoms. The number of hydrogen-bond donors (Lipinski definition) is 1. The third-order valence-corrected chi connectivity index (χ3v) is 8.47. The molecule has 0 radical (unpaired) electrons. The molecule has 0 heterocycles. The van der Waals surface area contributed by atoms with E-state index in [-0.39, 0.29) is 18.5 Å². The van der Waals surface area contributed by atoms with Crippen LogP contribution in [0.2, 0.25) is 0 Å². The van der Waals surface area contributed by atoms with Gasteiger partial charge in [0.1, 0.15) is 6.10 Å². The molecule has 0 amide bonds. The first-order chi connectivity index (χ1) is 20.6. The molecule has 1 N–H and O–H groups in total. The van der Waals surface area contributed by atoms with Gasteiger partial charge in [-0.3, -0.25) is 9.59 Å². The van der Waals surface area contributed by atoms with Crippen LogP contribution in [-0.4, -0.2) is 23.1 Å². The second-order valence-corrected chi connectivity index (χ2v) is 12.8. The van der Waals surface area contributed by atoms with Crippen molar-refractivity contribution >= 4 is 11.9 Å². The highest BCUT2D eigenvalue weighted by Crippen LogP contribution is 2.16. The molecule has 0 bridgehead atoms. The summed E-state index contributed by atoms with van der Waals surface area (Å²) in [5.41, 5.74) is 0. The van der Waals surface area contributed by atoms with Gasteiger partial charge < -0.3 is 9.84 Å². The van der Waals surface area contributed by atoms with Crippen molar-refractivity contribution in [2.24, 2.45) is 0 Å². The van der Waals surface area contributed by atoms with Crippen LogP contribution < -0.4 is 0 Å². The Kier molecular flexibility index (Phi) is 33.1. The van der Waals surface area contributed by atoms with Crippen LogP contribution in [0.5, 0.6) is 0 Å². The average molecular weight is 593 g/mol. The van der Waals surface area contributed by atoms with Gasteiger partial charge in [-0.15, -0.1) is 0 Å². The fourth-order valence-electron chi connectivity index (χ4n) is 5.68. The highest BCUT2D eigenvalue weighted by atomic mass is 16.5. The summed E-state index contributed by atoms with van der Waals surface area (Å²) in [4.78, 5) is 23.2. The third-order valence-electron chi connectivity index (χ3n) is 8.47. The van der Waals surface area contributed by atoms with Gasteiger partial charge in [-0.05, 0) is 44.6 Å². The van der Waals surface area contributed by atoms with Crippen molar-refractivity contribution in [1.29, 1.82) is 0 Å². The Morgan fingerprint density at radius 3 is 1.36 bits per heavy atom. The molecule has 4 nitrogen and oxygen atoms in total. The van der Waals surface area contributed by atoms with Crippen molar-refractivity contribution in [3.8, 4) is 0 Å². The lowest BCUT2D eigenvalue weighted by atomic mass is 10.0. The number of hydrogen-bond acceptors (Lipinski definition) is 3. The van der Waals surface area contributed by atoms with Crippen LogP contribution in [-0.2, 0) is 14.3 Å². The minimum atomic E-state index is -0.697.